The van der Waals surface area contributed by atoms with E-state index in [0.29, 0.717) is 6.42 Å². The van der Waals surface area contributed by atoms with Crippen molar-refractivity contribution < 1.29 is 4.42 Å². The van der Waals surface area contributed by atoms with Crippen LogP contribution in [-0.2, 0) is 6.42 Å². The van der Waals surface area contributed by atoms with E-state index in [4.69, 9.17) is 10.8 Å². The summed E-state index contributed by atoms with van der Waals surface area (Å²) < 4.78 is 11.2. The van der Waals surface area contributed by atoms with Gasteiger partial charge in [0.2, 0.25) is 0 Å². The molecule has 0 unspecified atom stereocenters. The fourth-order valence-electron chi connectivity index (χ4n) is 7.75. The van der Waals surface area contributed by atoms with Crippen LogP contribution in [0.4, 0.5) is 0 Å². The van der Waals surface area contributed by atoms with Crippen molar-refractivity contribution in [2.24, 2.45) is 0 Å². The first-order chi connectivity index (χ1) is 23.8. The third-order valence-corrected chi connectivity index (χ3v) is 9.83. The molecule has 0 aliphatic carbocycles. The predicted molar refractivity (Wildman–Crippen MR) is 200 cm³/mol. The van der Waals surface area contributed by atoms with Crippen molar-refractivity contribution in [1.29, 1.82) is 0 Å². The van der Waals surface area contributed by atoms with Crippen molar-refractivity contribution in [3.63, 3.8) is 0 Å². The van der Waals surface area contributed by atoms with Gasteiger partial charge < -0.3 is 13.6 Å². The van der Waals surface area contributed by atoms with Crippen molar-refractivity contribution >= 4 is 65.6 Å². The number of para-hydroxylation sites is 5. The van der Waals surface area contributed by atoms with Crippen LogP contribution < -0.4 is 0 Å². The highest BCUT2D eigenvalue weighted by molar-refractivity contribution is 6.14. The first-order valence-corrected chi connectivity index (χ1v) is 16.3. The summed E-state index contributed by atoms with van der Waals surface area (Å²) in [5, 5.41) is 7.12. The molecule has 0 bridgehead atoms. The fraction of sp³-hybridized carbons (Fsp3) is 0.0222. The molecule has 10 rings (SSSR count). The zero-order valence-corrected chi connectivity index (χ0v) is 26.0. The molecular formula is C45H28N2O. The van der Waals surface area contributed by atoms with Gasteiger partial charge in [0.15, 0.2) is 5.58 Å². The Hall–Kier alpha value is -6.50. The van der Waals surface area contributed by atoms with E-state index >= 15 is 0 Å². The van der Waals surface area contributed by atoms with Gasteiger partial charge >= 0.3 is 0 Å². The summed E-state index contributed by atoms with van der Waals surface area (Å²) in [6.45, 7) is 0. The Morgan fingerprint density at radius 1 is 0.500 bits per heavy atom. The molecule has 0 fully saturated rings. The Morgan fingerprint density at radius 3 is 1.83 bits per heavy atom. The molecule has 0 saturated carbocycles. The lowest BCUT2D eigenvalue weighted by Crippen LogP contribution is -1.97. The average molecular weight is 613 g/mol. The maximum absolute atomic E-state index is 6.51. The van der Waals surface area contributed by atoms with Crippen LogP contribution in [0, 0.1) is 12.3 Å². The van der Waals surface area contributed by atoms with Gasteiger partial charge in [0, 0.05) is 44.4 Å². The molecule has 0 aliphatic heterocycles. The van der Waals surface area contributed by atoms with E-state index in [1.165, 1.54) is 32.6 Å². The Kier molecular flexibility index (Phi) is 5.70. The number of benzene rings is 7. The molecule has 3 aromatic heterocycles. The Labute approximate surface area is 276 Å². The van der Waals surface area contributed by atoms with E-state index in [2.05, 4.69) is 155 Å². The SMILES string of the molecule is C#CCc1ccc(-n2c3ccccc3c3ccccc32)cc1-c1ccc2c(c1)c1ccccc1n2-c1cccc2c1oc1ccccc12. The van der Waals surface area contributed by atoms with Crippen LogP contribution in [0.5, 0.6) is 0 Å². The predicted octanol–water partition coefficient (Wildman–Crippen LogP) is 11.6. The van der Waals surface area contributed by atoms with Crippen molar-refractivity contribution in [2.75, 3.05) is 0 Å². The maximum Gasteiger partial charge on any atom is 0.159 e. The van der Waals surface area contributed by atoms with Gasteiger partial charge in [-0.15, -0.1) is 12.3 Å². The van der Waals surface area contributed by atoms with Crippen LogP contribution in [0.3, 0.4) is 0 Å². The summed E-state index contributed by atoms with van der Waals surface area (Å²) in [5.74, 6) is 2.91. The second-order valence-corrected chi connectivity index (χ2v) is 12.4. The van der Waals surface area contributed by atoms with E-state index in [1.807, 2.05) is 12.1 Å². The lowest BCUT2D eigenvalue weighted by Gasteiger charge is -2.14. The first kappa shape index (κ1) is 26.7. The summed E-state index contributed by atoms with van der Waals surface area (Å²) in [5.41, 5.74) is 12.0. The summed E-state index contributed by atoms with van der Waals surface area (Å²) in [6, 6.07) is 54.1. The summed E-state index contributed by atoms with van der Waals surface area (Å²) in [6.07, 6.45) is 6.48. The van der Waals surface area contributed by atoms with Crippen LogP contribution in [0.1, 0.15) is 5.56 Å². The van der Waals surface area contributed by atoms with Crippen LogP contribution in [0.25, 0.3) is 88.1 Å². The molecule has 0 N–H and O–H groups in total. The molecule has 0 spiro atoms. The molecule has 3 heterocycles. The van der Waals surface area contributed by atoms with Gasteiger partial charge in [0.1, 0.15) is 5.58 Å². The molecule has 7 aromatic carbocycles. The van der Waals surface area contributed by atoms with Crippen molar-refractivity contribution in [2.45, 2.75) is 6.42 Å². The van der Waals surface area contributed by atoms with Crippen LogP contribution in [0.2, 0.25) is 0 Å². The van der Waals surface area contributed by atoms with E-state index in [-0.39, 0.29) is 0 Å². The maximum atomic E-state index is 6.51. The number of aromatic nitrogens is 2. The lowest BCUT2D eigenvalue weighted by molar-refractivity contribution is 0.666. The van der Waals surface area contributed by atoms with E-state index in [0.717, 1.165) is 61.0 Å². The van der Waals surface area contributed by atoms with Crippen molar-refractivity contribution in [3.8, 4) is 34.8 Å². The second-order valence-electron chi connectivity index (χ2n) is 12.4. The standard InChI is InChI=1S/C45H28N2O/c1-2-12-29-23-25-31(46-39-18-7-3-13-32(39)33-14-4-8-19-40(33)46)28-37(29)30-24-26-42-38(27-30)34-15-5-9-20-41(34)47(42)43-21-11-17-36-35-16-6-10-22-44(35)48-45(36)43/h1,3-11,13-28H,12H2. The Morgan fingerprint density at radius 2 is 1.10 bits per heavy atom. The van der Waals surface area contributed by atoms with E-state index < -0.39 is 0 Å². The quantitative estimate of drug-likeness (QED) is 0.181. The molecule has 0 atom stereocenters. The highest BCUT2D eigenvalue weighted by atomic mass is 16.3. The van der Waals surface area contributed by atoms with Gasteiger partial charge in [-0.2, -0.15) is 0 Å². The topological polar surface area (TPSA) is 23.0 Å². The minimum atomic E-state index is 0.552. The smallest absolute Gasteiger partial charge is 0.159 e. The molecular weight excluding hydrogens is 585 g/mol. The van der Waals surface area contributed by atoms with Gasteiger partial charge in [-0.3, -0.25) is 0 Å². The molecule has 0 aliphatic rings. The summed E-state index contributed by atoms with van der Waals surface area (Å²) in [4.78, 5) is 0. The van der Waals surface area contributed by atoms with Crippen molar-refractivity contribution in [3.05, 3.63) is 157 Å². The number of nitrogens with zero attached hydrogens (tertiary/aromatic N) is 2. The second kappa shape index (κ2) is 10.3. The molecule has 0 amide bonds. The fourth-order valence-corrected chi connectivity index (χ4v) is 7.75. The van der Waals surface area contributed by atoms with Gasteiger partial charge in [-0.05, 0) is 71.3 Å². The van der Waals surface area contributed by atoms with Gasteiger partial charge in [-0.1, -0.05) is 97.1 Å². The van der Waals surface area contributed by atoms with E-state index in [1.54, 1.807) is 0 Å². The molecule has 10 aromatic rings. The number of rotatable bonds is 4. The van der Waals surface area contributed by atoms with Crippen molar-refractivity contribution in [1.82, 2.24) is 9.13 Å². The van der Waals surface area contributed by atoms with Gasteiger partial charge in [-0.25, -0.2) is 0 Å². The van der Waals surface area contributed by atoms with Gasteiger partial charge in [0.05, 0.1) is 27.8 Å². The van der Waals surface area contributed by atoms with Crippen LogP contribution >= 0.6 is 0 Å². The van der Waals surface area contributed by atoms with Crippen LogP contribution in [-0.4, -0.2) is 9.13 Å². The average Bonchev–Trinajstić information content (AvgIpc) is 3.80. The number of hydrogen-bond donors (Lipinski definition) is 0. The molecule has 0 saturated heterocycles. The monoisotopic (exact) mass is 612 g/mol. The highest BCUT2D eigenvalue weighted by Crippen LogP contribution is 2.40. The Balaban J connectivity index is 1.22. The normalized spacial score (nSPS) is 11.8. The zero-order chi connectivity index (χ0) is 31.8. The molecule has 48 heavy (non-hydrogen) atoms. The Bertz CT molecular complexity index is 2890. The first-order valence-electron chi connectivity index (χ1n) is 16.3. The number of furan rings is 1. The molecule has 3 nitrogen and oxygen atoms in total. The minimum Gasteiger partial charge on any atom is -0.454 e. The highest BCUT2D eigenvalue weighted by Gasteiger charge is 2.19. The summed E-state index contributed by atoms with van der Waals surface area (Å²) in [7, 11) is 0. The summed E-state index contributed by atoms with van der Waals surface area (Å²) >= 11 is 0. The molecule has 3 heteroatoms. The minimum absolute atomic E-state index is 0.552. The number of hydrogen-bond acceptors (Lipinski definition) is 1. The third kappa shape index (κ3) is 3.78. The van der Waals surface area contributed by atoms with E-state index in [9.17, 15) is 0 Å². The lowest BCUT2D eigenvalue weighted by atomic mass is 9.95. The largest absolute Gasteiger partial charge is 0.454 e. The third-order valence-electron chi connectivity index (χ3n) is 9.83. The number of fused-ring (bicyclic) bond motifs is 9. The zero-order valence-electron chi connectivity index (χ0n) is 26.0. The molecule has 224 valence electrons. The number of terminal acetylenes is 1. The van der Waals surface area contributed by atoms with Gasteiger partial charge in [0.25, 0.3) is 0 Å². The van der Waals surface area contributed by atoms with Crippen LogP contribution in [0.15, 0.2) is 156 Å². The molecule has 0 radical (unpaired) electrons.